The van der Waals surface area contributed by atoms with E-state index >= 15 is 0 Å². The number of fused-ring (bicyclic) bond motifs is 2. The average molecular weight is 435 g/mol. The summed E-state index contributed by atoms with van der Waals surface area (Å²) < 4.78 is 0. The van der Waals surface area contributed by atoms with Gasteiger partial charge in [0.2, 0.25) is 0 Å². The summed E-state index contributed by atoms with van der Waals surface area (Å²) in [6.07, 6.45) is 0. The van der Waals surface area contributed by atoms with Gasteiger partial charge in [-0.2, -0.15) is 0 Å². The van der Waals surface area contributed by atoms with Crippen molar-refractivity contribution in [3.8, 4) is 11.1 Å². The second kappa shape index (κ2) is 8.76. The first-order chi connectivity index (χ1) is 16.9. The Morgan fingerprint density at radius 3 is 1.32 bits per heavy atom. The minimum absolute atomic E-state index is 0.914. The van der Waals surface area contributed by atoms with Crippen LogP contribution in [0.15, 0.2) is 143 Å². The minimum Gasteiger partial charge on any atom is -0.247 e. The van der Waals surface area contributed by atoms with Gasteiger partial charge in [0.05, 0.1) is 22.8 Å². The highest BCUT2D eigenvalue weighted by Crippen LogP contribution is 2.35. The predicted octanol–water partition coefficient (Wildman–Crippen LogP) is 8.01. The minimum atomic E-state index is 0.914. The number of hydrogen-bond donors (Lipinski definition) is 0. The zero-order valence-electron chi connectivity index (χ0n) is 18.6. The van der Waals surface area contributed by atoms with Gasteiger partial charge in [-0.25, -0.2) is 9.98 Å². The van der Waals surface area contributed by atoms with Gasteiger partial charge in [-0.3, -0.25) is 0 Å². The molecule has 5 aromatic rings. The summed E-state index contributed by atoms with van der Waals surface area (Å²) in [7, 11) is 0. The molecule has 5 aromatic carbocycles. The summed E-state index contributed by atoms with van der Waals surface area (Å²) >= 11 is 0. The van der Waals surface area contributed by atoms with E-state index in [0.29, 0.717) is 0 Å². The Morgan fingerprint density at radius 2 is 0.706 bits per heavy atom. The van der Waals surface area contributed by atoms with Gasteiger partial charge in [0.1, 0.15) is 0 Å². The Kier molecular flexibility index (Phi) is 5.17. The molecule has 0 bridgehead atoms. The van der Waals surface area contributed by atoms with E-state index in [2.05, 4.69) is 109 Å². The van der Waals surface area contributed by atoms with Crippen LogP contribution in [0.25, 0.3) is 11.1 Å². The largest absolute Gasteiger partial charge is 0.247 e. The molecular weight excluding hydrogens is 412 g/mol. The quantitative estimate of drug-likeness (QED) is 0.269. The Balaban J connectivity index is 1.64. The molecular formula is C32H22N2. The van der Waals surface area contributed by atoms with Crippen LogP contribution in [0.1, 0.15) is 22.3 Å². The summed E-state index contributed by atoms with van der Waals surface area (Å²) in [6.45, 7) is 0. The highest BCUT2D eigenvalue weighted by molar-refractivity contribution is 6.24. The highest BCUT2D eigenvalue weighted by atomic mass is 14.8. The molecule has 34 heavy (non-hydrogen) atoms. The first-order valence-electron chi connectivity index (χ1n) is 11.4. The van der Waals surface area contributed by atoms with Crippen molar-refractivity contribution in [2.75, 3.05) is 0 Å². The van der Waals surface area contributed by atoms with Crippen LogP contribution >= 0.6 is 0 Å². The van der Waals surface area contributed by atoms with Crippen LogP contribution in [0.3, 0.4) is 0 Å². The predicted molar refractivity (Wildman–Crippen MR) is 142 cm³/mol. The molecule has 0 radical (unpaired) electrons. The van der Waals surface area contributed by atoms with Gasteiger partial charge >= 0.3 is 0 Å². The third-order valence-electron chi connectivity index (χ3n) is 6.10. The van der Waals surface area contributed by atoms with Gasteiger partial charge in [-0.05, 0) is 23.3 Å². The van der Waals surface area contributed by atoms with Crippen LogP contribution in [0.5, 0.6) is 0 Å². The van der Waals surface area contributed by atoms with Gasteiger partial charge in [0.25, 0.3) is 0 Å². The molecule has 1 aliphatic heterocycles. The van der Waals surface area contributed by atoms with Gasteiger partial charge in [-0.1, -0.05) is 121 Å². The maximum atomic E-state index is 5.31. The summed E-state index contributed by atoms with van der Waals surface area (Å²) in [5.41, 5.74) is 10.2. The molecule has 0 saturated heterocycles. The van der Waals surface area contributed by atoms with Crippen LogP contribution in [-0.4, -0.2) is 11.4 Å². The van der Waals surface area contributed by atoms with Gasteiger partial charge in [0.15, 0.2) is 0 Å². The molecule has 160 valence electrons. The monoisotopic (exact) mass is 434 g/mol. The topological polar surface area (TPSA) is 24.7 Å². The molecule has 0 atom stereocenters. The van der Waals surface area contributed by atoms with Crippen molar-refractivity contribution in [3.63, 3.8) is 0 Å². The zero-order valence-corrected chi connectivity index (χ0v) is 18.6. The van der Waals surface area contributed by atoms with E-state index in [1.54, 1.807) is 0 Å². The van der Waals surface area contributed by atoms with Crippen LogP contribution in [0, 0.1) is 0 Å². The molecule has 2 heteroatoms. The van der Waals surface area contributed by atoms with Gasteiger partial charge in [0, 0.05) is 22.3 Å². The second-order valence-corrected chi connectivity index (χ2v) is 8.23. The van der Waals surface area contributed by atoms with E-state index in [4.69, 9.17) is 9.98 Å². The molecule has 0 N–H and O–H groups in total. The number of benzene rings is 5. The van der Waals surface area contributed by atoms with Crippen LogP contribution in [-0.2, 0) is 0 Å². The maximum absolute atomic E-state index is 5.31. The fourth-order valence-electron chi connectivity index (χ4n) is 4.48. The molecule has 2 nitrogen and oxygen atoms in total. The van der Waals surface area contributed by atoms with Crippen molar-refractivity contribution >= 4 is 22.8 Å². The first kappa shape index (κ1) is 20.1. The fourth-order valence-corrected chi connectivity index (χ4v) is 4.48. The van der Waals surface area contributed by atoms with E-state index in [1.807, 2.05) is 24.3 Å². The van der Waals surface area contributed by atoms with E-state index in [0.717, 1.165) is 50.6 Å². The van der Waals surface area contributed by atoms with Crippen molar-refractivity contribution in [2.24, 2.45) is 9.98 Å². The molecule has 0 amide bonds. The molecule has 1 heterocycles. The zero-order chi connectivity index (χ0) is 22.7. The fraction of sp³-hybridized carbons (Fsp3) is 0. The van der Waals surface area contributed by atoms with Crippen LogP contribution in [0.2, 0.25) is 0 Å². The molecule has 0 aliphatic carbocycles. The molecule has 0 saturated carbocycles. The Labute approximate surface area is 199 Å². The summed E-state index contributed by atoms with van der Waals surface area (Å²) in [6, 6.07) is 45.9. The molecule has 1 aliphatic rings. The maximum Gasteiger partial charge on any atom is 0.0809 e. The number of para-hydroxylation sites is 2. The Hall–Kier alpha value is -4.56. The number of aliphatic imine (C=N–C) groups is 2. The molecule has 0 fully saturated rings. The van der Waals surface area contributed by atoms with Gasteiger partial charge in [-0.15, -0.1) is 0 Å². The lowest BCUT2D eigenvalue weighted by Gasteiger charge is -2.19. The standard InChI is InChI=1S/C32H22N2/c1-3-13-23(14-4-1)25-17-7-8-18-26(25)32-28-20-10-12-22-30(28)33-31(24-15-5-2-6-16-24)27-19-9-11-21-29(27)34-32/h1-22H. The van der Waals surface area contributed by atoms with Crippen molar-refractivity contribution in [2.45, 2.75) is 0 Å². The third kappa shape index (κ3) is 3.66. The number of hydrogen-bond acceptors (Lipinski definition) is 2. The normalized spacial score (nSPS) is 12.5. The Morgan fingerprint density at radius 1 is 0.294 bits per heavy atom. The lowest BCUT2D eigenvalue weighted by atomic mass is 9.91. The van der Waals surface area contributed by atoms with Crippen molar-refractivity contribution in [1.29, 1.82) is 0 Å². The molecule has 0 unspecified atom stereocenters. The second-order valence-electron chi connectivity index (χ2n) is 8.23. The summed E-state index contributed by atoms with van der Waals surface area (Å²) in [4.78, 5) is 10.5. The highest BCUT2D eigenvalue weighted by Gasteiger charge is 2.21. The smallest absolute Gasteiger partial charge is 0.0809 e. The third-order valence-corrected chi connectivity index (χ3v) is 6.10. The summed E-state index contributed by atoms with van der Waals surface area (Å²) in [5.74, 6) is 0. The van der Waals surface area contributed by atoms with E-state index in [-0.39, 0.29) is 0 Å². The van der Waals surface area contributed by atoms with E-state index in [9.17, 15) is 0 Å². The number of nitrogens with zero attached hydrogens (tertiary/aromatic N) is 2. The molecule has 6 rings (SSSR count). The van der Waals surface area contributed by atoms with Crippen molar-refractivity contribution in [3.05, 3.63) is 156 Å². The first-order valence-corrected chi connectivity index (χ1v) is 11.4. The van der Waals surface area contributed by atoms with Crippen molar-refractivity contribution < 1.29 is 0 Å². The van der Waals surface area contributed by atoms with E-state index < -0.39 is 0 Å². The van der Waals surface area contributed by atoms with Crippen LogP contribution < -0.4 is 0 Å². The molecule has 0 spiro atoms. The number of rotatable bonds is 3. The molecule has 0 aromatic heterocycles. The SMILES string of the molecule is c1ccc(C2=Nc3ccccc3C(c3ccccc3-c3ccccc3)=Nc3ccccc32)cc1. The van der Waals surface area contributed by atoms with Gasteiger partial charge < -0.3 is 0 Å². The van der Waals surface area contributed by atoms with E-state index in [1.165, 1.54) is 5.56 Å². The Bertz CT molecular complexity index is 1530. The lowest BCUT2D eigenvalue weighted by Crippen LogP contribution is -2.11. The van der Waals surface area contributed by atoms with Crippen LogP contribution in [0.4, 0.5) is 11.4 Å². The lowest BCUT2D eigenvalue weighted by molar-refractivity contribution is 1.39. The average Bonchev–Trinajstić information content (AvgIpc) is 2.91. The van der Waals surface area contributed by atoms with Crippen molar-refractivity contribution in [1.82, 2.24) is 0 Å². The summed E-state index contributed by atoms with van der Waals surface area (Å²) in [5, 5.41) is 0.